The van der Waals surface area contributed by atoms with Gasteiger partial charge in [0.05, 0.1) is 5.92 Å². The van der Waals surface area contributed by atoms with Crippen LogP contribution in [0.15, 0.2) is 48.5 Å². The fourth-order valence-corrected chi connectivity index (χ4v) is 5.90. The maximum absolute atomic E-state index is 12.8. The van der Waals surface area contributed by atoms with Crippen molar-refractivity contribution < 1.29 is 24.2 Å². The van der Waals surface area contributed by atoms with E-state index in [9.17, 15) is 14.4 Å². The van der Waals surface area contributed by atoms with Crippen molar-refractivity contribution in [3.63, 3.8) is 0 Å². The summed E-state index contributed by atoms with van der Waals surface area (Å²) in [5.41, 5.74) is 4.73. The first-order chi connectivity index (χ1) is 17.0. The molecule has 5 rings (SSSR count). The fourth-order valence-electron chi connectivity index (χ4n) is 5.90. The molecule has 2 aromatic rings. The third-order valence-corrected chi connectivity index (χ3v) is 7.86. The molecule has 0 aliphatic heterocycles. The summed E-state index contributed by atoms with van der Waals surface area (Å²) in [5, 5.41) is 15.0. The zero-order valence-corrected chi connectivity index (χ0v) is 19.7. The average Bonchev–Trinajstić information content (AvgIpc) is 3.14. The number of fused-ring (bicyclic) bond motifs is 3. The van der Waals surface area contributed by atoms with Crippen molar-refractivity contribution in [3.8, 4) is 11.1 Å². The van der Waals surface area contributed by atoms with Crippen molar-refractivity contribution in [2.45, 2.75) is 62.9 Å². The third-order valence-electron chi connectivity index (χ3n) is 7.86. The lowest BCUT2D eigenvalue weighted by Gasteiger charge is -2.35. The monoisotopic (exact) mass is 476 g/mol. The van der Waals surface area contributed by atoms with Crippen LogP contribution >= 0.6 is 0 Å². The van der Waals surface area contributed by atoms with E-state index in [-0.39, 0.29) is 42.4 Å². The Kier molecular flexibility index (Phi) is 6.75. The molecule has 2 aromatic carbocycles. The number of carbonyl (C=O) groups excluding carboxylic acids is 2. The van der Waals surface area contributed by atoms with Crippen LogP contribution in [-0.2, 0) is 14.3 Å². The number of alkyl carbamates (subject to hydrolysis) is 1. The summed E-state index contributed by atoms with van der Waals surface area (Å²) < 4.78 is 5.71. The van der Waals surface area contributed by atoms with Crippen molar-refractivity contribution >= 4 is 18.0 Å². The molecule has 35 heavy (non-hydrogen) atoms. The lowest BCUT2D eigenvalue weighted by Crippen LogP contribution is -2.49. The molecule has 0 heterocycles. The molecule has 0 radical (unpaired) electrons. The minimum absolute atomic E-state index is 0.0122. The number of hydrogen-bond acceptors (Lipinski definition) is 4. The number of aliphatic carboxylic acids is 1. The summed E-state index contributed by atoms with van der Waals surface area (Å²) in [5.74, 6) is -1.14. The van der Waals surface area contributed by atoms with E-state index in [1.165, 1.54) is 22.3 Å². The maximum atomic E-state index is 12.8. The van der Waals surface area contributed by atoms with Gasteiger partial charge in [0, 0.05) is 24.4 Å². The van der Waals surface area contributed by atoms with Gasteiger partial charge in [0.1, 0.15) is 6.61 Å². The van der Waals surface area contributed by atoms with Gasteiger partial charge in [0.2, 0.25) is 5.91 Å². The van der Waals surface area contributed by atoms with Gasteiger partial charge in [-0.1, -0.05) is 61.4 Å². The number of benzene rings is 2. The molecule has 0 bridgehead atoms. The number of carboxylic acids is 1. The van der Waals surface area contributed by atoms with Crippen LogP contribution in [0, 0.1) is 11.8 Å². The molecule has 2 amide bonds. The average molecular weight is 477 g/mol. The van der Waals surface area contributed by atoms with Crippen LogP contribution in [0.5, 0.6) is 0 Å². The van der Waals surface area contributed by atoms with E-state index >= 15 is 0 Å². The van der Waals surface area contributed by atoms with Gasteiger partial charge in [-0.05, 0) is 53.9 Å². The summed E-state index contributed by atoms with van der Waals surface area (Å²) in [6.45, 7) is 0.268. The second-order valence-corrected chi connectivity index (χ2v) is 10.1. The number of carbonyl (C=O) groups is 3. The van der Waals surface area contributed by atoms with Gasteiger partial charge in [-0.25, -0.2) is 4.79 Å². The molecule has 3 aliphatic carbocycles. The minimum Gasteiger partial charge on any atom is -0.481 e. The Labute approximate surface area is 205 Å². The highest BCUT2D eigenvalue weighted by Crippen LogP contribution is 2.44. The van der Waals surface area contributed by atoms with Crippen molar-refractivity contribution in [2.24, 2.45) is 11.8 Å². The molecule has 0 unspecified atom stereocenters. The first-order valence-corrected chi connectivity index (χ1v) is 12.6. The summed E-state index contributed by atoms with van der Waals surface area (Å²) in [6.07, 6.45) is 4.63. The number of nitrogens with one attached hydrogen (secondary N) is 2. The summed E-state index contributed by atoms with van der Waals surface area (Å²) in [4.78, 5) is 36.3. The Morgan fingerprint density at radius 1 is 0.886 bits per heavy atom. The Hall–Kier alpha value is -3.35. The van der Waals surface area contributed by atoms with E-state index in [0.717, 1.165) is 25.7 Å². The molecule has 7 nitrogen and oxygen atoms in total. The molecule has 2 saturated carbocycles. The van der Waals surface area contributed by atoms with Gasteiger partial charge in [-0.15, -0.1) is 0 Å². The summed E-state index contributed by atoms with van der Waals surface area (Å²) >= 11 is 0. The van der Waals surface area contributed by atoms with Crippen molar-refractivity contribution in [3.05, 3.63) is 59.7 Å². The first kappa shape index (κ1) is 23.4. The number of amides is 2. The van der Waals surface area contributed by atoms with Gasteiger partial charge in [-0.2, -0.15) is 0 Å². The van der Waals surface area contributed by atoms with Gasteiger partial charge >= 0.3 is 12.1 Å². The van der Waals surface area contributed by atoms with Crippen molar-refractivity contribution in [1.82, 2.24) is 10.6 Å². The Bertz CT molecular complexity index is 1060. The van der Waals surface area contributed by atoms with E-state index in [4.69, 9.17) is 9.84 Å². The zero-order valence-electron chi connectivity index (χ0n) is 19.7. The van der Waals surface area contributed by atoms with Gasteiger partial charge in [-0.3, -0.25) is 9.59 Å². The molecule has 0 saturated heterocycles. The maximum Gasteiger partial charge on any atom is 0.407 e. The number of ether oxygens (including phenoxy) is 1. The van der Waals surface area contributed by atoms with Crippen LogP contribution in [0.3, 0.4) is 0 Å². The van der Waals surface area contributed by atoms with Crippen LogP contribution in [0.2, 0.25) is 0 Å². The topological polar surface area (TPSA) is 105 Å². The van der Waals surface area contributed by atoms with E-state index < -0.39 is 12.1 Å². The smallest absolute Gasteiger partial charge is 0.407 e. The molecule has 3 N–H and O–H groups in total. The SMILES string of the molecule is O=C(C[C@@H]1CCCC[C@@H]1NC(=O)OCC1c2ccccc2-c2ccccc21)NC1CC(C(=O)O)C1. The second kappa shape index (κ2) is 10.1. The van der Waals surface area contributed by atoms with E-state index in [1.807, 2.05) is 24.3 Å². The Morgan fingerprint density at radius 2 is 1.51 bits per heavy atom. The van der Waals surface area contributed by atoms with Crippen LogP contribution < -0.4 is 10.6 Å². The highest BCUT2D eigenvalue weighted by atomic mass is 16.5. The first-order valence-electron chi connectivity index (χ1n) is 12.6. The predicted molar refractivity (Wildman–Crippen MR) is 131 cm³/mol. The highest BCUT2D eigenvalue weighted by molar-refractivity contribution is 5.79. The third kappa shape index (κ3) is 5.04. The number of rotatable bonds is 7. The van der Waals surface area contributed by atoms with Crippen LogP contribution in [-0.4, -0.2) is 41.8 Å². The van der Waals surface area contributed by atoms with Crippen LogP contribution in [0.25, 0.3) is 11.1 Å². The fraction of sp³-hybridized carbons (Fsp3) is 0.464. The van der Waals surface area contributed by atoms with Crippen LogP contribution in [0.1, 0.15) is 62.0 Å². The summed E-state index contributed by atoms with van der Waals surface area (Å²) in [7, 11) is 0. The largest absolute Gasteiger partial charge is 0.481 e. The molecule has 0 spiro atoms. The zero-order chi connectivity index (χ0) is 24.4. The predicted octanol–water partition coefficient (Wildman–Crippen LogP) is 4.45. The molecular weight excluding hydrogens is 444 g/mol. The molecule has 7 heteroatoms. The van der Waals surface area contributed by atoms with Gasteiger partial charge in [0.15, 0.2) is 0 Å². The minimum atomic E-state index is -0.796. The van der Waals surface area contributed by atoms with Gasteiger partial charge in [0.25, 0.3) is 0 Å². The Balaban J connectivity index is 1.14. The normalized spacial score (nSPS) is 25.0. The molecule has 2 fully saturated rings. The van der Waals surface area contributed by atoms with E-state index in [2.05, 4.69) is 34.9 Å². The van der Waals surface area contributed by atoms with Crippen LogP contribution in [0.4, 0.5) is 4.79 Å². The Morgan fingerprint density at radius 3 is 2.17 bits per heavy atom. The van der Waals surface area contributed by atoms with Gasteiger partial charge < -0.3 is 20.5 Å². The highest BCUT2D eigenvalue weighted by Gasteiger charge is 2.36. The van der Waals surface area contributed by atoms with E-state index in [1.54, 1.807) is 0 Å². The molecule has 0 aromatic heterocycles. The second-order valence-electron chi connectivity index (χ2n) is 10.1. The van der Waals surface area contributed by atoms with E-state index in [0.29, 0.717) is 19.3 Å². The summed E-state index contributed by atoms with van der Waals surface area (Å²) in [6, 6.07) is 16.3. The lowest BCUT2D eigenvalue weighted by molar-refractivity contribution is -0.146. The standard InChI is InChI=1S/C28H32N2O5/c31-26(29-19-13-18(14-19)27(32)33)15-17-7-1-6-12-25(17)30-28(34)35-16-24-22-10-4-2-8-20(22)21-9-3-5-11-23(21)24/h2-5,8-11,17-19,24-25H,1,6-7,12-16H2,(H,29,31)(H,30,34)(H,32,33)/t17-,18?,19?,25-/m0/s1. The molecule has 3 aliphatic rings. The van der Waals surface area contributed by atoms with Crippen molar-refractivity contribution in [2.75, 3.05) is 6.61 Å². The molecule has 2 atom stereocenters. The van der Waals surface area contributed by atoms with Crippen molar-refractivity contribution in [1.29, 1.82) is 0 Å². The number of hydrogen-bond donors (Lipinski definition) is 3. The quantitative estimate of drug-likeness (QED) is 0.548. The molecular formula is C28H32N2O5. The molecule has 184 valence electrons. The lowest BCUT2D eigenvalue weighted by atomic mass is 9.79. The number of carboxylic acid groups (broad SMARTS) is 1.